The summed E-state index contributed by atoms with van der Waals surface area (Å²) in [6, 6.07) is 7.08. The second-order valence-corrected chi connectivity index (χ2v) is 3.39. The second-order valence-electron chi connectivity index (χ2n) is 3.39. The summed E-state index contributed by atoms with van der Waals surface area (Å²) in [4.78, 5) is 4.10. The Balaban J connectivity index is 2.36. The number of methoxy groups -OCH3 is 1. The highest BCUT2D eigenvalue weighted by Crippen LogP contribution is 2.26. The fourth-order valence-corrected chi connectivity index (χ4v) is 1.50. The minimum atomic E-state index is -0.436. The number of para-hydroxylation sites is 1. The summed E-state index contributed by atoms with van der Waals surface area (Å²) >= 11 is 0. The molecular weight excluding hydrogens is 206 g/mol. The SMILES string of the molecule is COc1ccccc1[C@@H](N)c1noc(C)n1. The molecule has 1 heterocycles. The number of aryl methyl sites for hydroxylation is 1. The molecule has 0 aliphatic heterocycles. The smallest absolute Gasteiger partial charge is 0.223 e. The lowest BCUT2D eigenvalue weighted by atomic mass is 10.1. The fraction of sp³-hybridized carbons (Fsp3) is 0.273. The van der Waals surface area contributed by atoms with Gasteiger partial charge in [-0.15, -0.1) is 0 Å². The average Bonchev–Trinajstić information content (AvgIpc) is 2.75. The first-order chi connectivity index (χ1) is 7.72. The summed E-state index contributed by atoms with van der Waals surface area (Å²) in [6.45, 7) is 1.73. The second kappa shape index (κ2) is 4.32. The van der Waals surface area contributed by atoms with Crippen molar-refractivity contribution in [2.75, 3.05) is 7.11 Å². The van der Waals surface area contributed by atoms with Crippen LogP contribution in [0.25, 0.3) is 0 Å². The van der Waals surface area contributed by atoms with Gasteiger partial charge in [0.15, 0.2) is 5.82 Å². The Morgan fingerprint density at radius 3 is 2.75 bits per heavy atom. The predicted molar refractivity (Wildman–Crippen MR) is 58.1 cm³/mol. The molecule has 0 unspecified atom stereocenters. The molecular formula is C11H13N3O2. The molecule has 0 bridgehead atoms. The number of ether oxygens (including phenoxy) is 1. The maximum Gasteiger partial charge on any atom is 0.223 e. The molecule has 0 saturated heterocycles. The molecule has 0 saturated carbocycles. The Labute approximate surface area is 93.2 Å². The molecule has 5 heteroatoms. The summed E-state index contributed by atoms with van der Waals surface area (Å²) < 4.78 is 10.1. The molecule has 2 aromatic rings. The molecule has 0 amide bonds. The number of hydrogen-bond acceptors (Lipinski definition) is 5. The molecule has 1 aromatic carbocycles. The molecule has 5 nitrogen and oxygen atoms in total. The molecule has 0 spiro atoms. The van der Waals surface area contributed by atoms with E-state index in [1.165, 1.54) is 0 Å². The van der Waals surface area contributed by atoms with Gasteiger partial charge in [-0.05, 0) is 6.07 Å². The summed E-state index contributed by atoms with van der Waals surface area (Å²) in [5.41, 5.74) is 6.88. The van der Waals surface area contributed by atoms with Gasteiger partial charge in [0.25, 0.3) is 0 Å². The fourth-order valence-electron chi connectivity index (χ4n) is 1.50. The van der Waals surface area contributed by atoms with Crippen LogP contribution in [0.5, 0.6) is 5.75 Å². The molecule has 2 N–H and O–H groups in total. The monoisotopic (exact) mass is 219 g/mol. The van der Waals surface area contributed by atoms with E-state index in [-0.39, 0.29) is 0 Å². The zero-order valence-electron chi connectivity index (χ0n) is 9.18. The van der Waals surface area contributed by atoms with Crippen molar-refractivity contribution in [1.82, 2.24) is 10.1 Å². The van der Waals surface area contributed by atoms with Crippen molar-refractivity contribution in [3.8, 4) is 5.75 Å². The molecule has 0 radical (unpaired) electrons. The van der Waals surface area contributed by atoms with E-state index in [0.717, 1.165) is 11.3 Å². The van der Waals surface area contributed by atoms with Gasteiger partial charge in [0.1, 0.15) is 5.75 Å². The third kappa shape index (κ3) is 1.90. The largest absolute Gasteiger partial charge is 0.496 e. The van der Waals surface area contributed by atoms with E-state index in [2.05, 4.69) is 10.1 Å². The van der Waals surface area contributed by atoms with Gasteiger partial charge in [-0.2, -0.15) is 4.98 Å². The number of rotatable bonds is 3. The summed E-state index contributed by atoms with van der Waals surface area (Å²) in [6.07, 6.45) is 0. The van der Waals surface area contributed by atoms with E-state index in [0.29, 0.717) is 11.7 Å². The van der Waals surface area contributed by atoms with E-state index in [9.17, 15) is 0 Å². The van der Waals surface area contributed by atoms with Crippen LogP contribution in [0.2, 0.25) is 0 Å². The minimum Gasteiger partial charge on any atom is -0.496 e. The summed E-state index contributed by atoms with van der Waals surface area (Å²) in [5, 5.41) is 3.80. The van der Waals surface area contributed by atoms with Crippen molar-refractivity contribution < 1.29 is 9.26 Å². The van der Waals surface area contributed by atoms with E-state index in [4.69, 9.17) is 15.0 Å². The van der Waals surface area contributed by atoms with Crippen molar-refractivity contribution in [3.63, 3.8) is 0 Å². The van der Waals surface area contributed by atoms with Crippen LogP contribution in [-0.2, 0) is 0 Å². The Kier molecular flexibility index (Phi) is 2.87. The quantitative estimate of drug-likeness (QED) is 0.845. The highest BCUT2D eigenvalue weighted by Gasteiger charge is 2.18. The average molecular weight is 219 g/mol. The zero-order valence-corrected chi connectivity index (χ0v) is 9.18. The molecule has 0 aliphatic rings. The van der Waals surface area contributed by atoms with Crippen LogP contribution in [0.1, 0.15) is 23.3 Å². The van der Waals surface area contributed by atoms with Crippen molar-refractivity contribution in [2.45, 2.75) is 13.0 Å². The van der Waals surface area contributed by atoms with Crippen LogP contribution in [-0.4, -0.2) is 17.3 Å². The predicted octanol–water partition coefficient (Wildman–Crippen LogP) is 1.43. The molecule has 84 valence electrons. The number of nitrogens with two attached hydrogens (primary N) is 1. The van der Waals surface area contributed by atoms with E-state index < -0.39 is 6.04 Å². The molecule has 1 aromatic heterocycles. The van der Waals surface area contributed by atoms with Crippen LogP contribution < -0.4 is 10.5 Å². The van der Waals surface area contributed by atoms with E-state index in [1.54, 1.807) is 14.0 Å². The standard InChI is InChI=1S/C11H13N3O2/c1-7-13-11(14-16-7)10(12)8-5-3-4-6-9(8)15-2/h3-6,10H,12H2,1-2H3/t10-/m1/s1. The first kappa shape index (κ1) is 10.6. The highest BCUT2D eigenvalue weighted by molar-refractivity contribution is 5.38. The normalized spacial score (nSPS) is 12.4. The lowest BCUT2D eigenvalue weighted by molar-refractivity contribution is 0.383. The van der Waals surface area contributed by atoms with Gasteiger partial charge < -0.3 is 15.0 Å². The lowest BCUT2D eigenvalue weighted by Gasteiger charge is -2.11. The van der Waals surface area contributed by atoms with Crippen molar-refractivity contribution in [3.05, 3.63) is 41.5 Å². The van der Waals surface area contributed by atoms with Gasteiger partial charge in [-0.1, -0.05) is 23.4 Å². The van der Waals surface area contributed by atoms with E-state index >= 15 is 0 Å². The van der Waals surface area contributed by atoms with Gasteiger partial charge in [0.05, 0.1) is 13.2 Å². The van der Waals surface area contributed by atoms with Gasteiger partial charge in [-0.3, -0.25) is 0 Å². The topological polar surface area (TPSA) is 74.2 Å². The first-order valence-corrected chi connectivity index (χ1v) is 4.91. The molecule has 1 atom stereocenters. The molecule has 2 rings (SSSR count). The van der Waals surface area contributed by atoms with Gasteiger partial charge in [0.2, 0.25) is 5.89 Å². The molecule has 0 aliphatic carbocycles. The number of aromatic nitrogens is 2. The van der Waals surface area contributed by atoms with Crippen molar-refractivity contribution in [2.24, 2.45) is 5.73 Å². The van der Waals surface area contributed by atoms with Gasteiger partial charge in [0, 0.05) is 12.5 Å². The maximum atomic E-state index is 6.04. The van der Waals surface area contributed by atoms with Crippen LogP contribution >= 0.6 is 0 Å². The van der Waals surface area contributed by atoms with Gasteiger partial charge in [-0.25, -0.2) is 0 Å². The first-order valence-electron chi connectivity index (χ1n) is 4.91. The van der Waals surface area contributed by atoms with Crippen LogP contribution in [0, 0.1) is 6.92 Å². The Morgan fingerprint density at radius 2 is 2.12 bits per heavy atom. The van der Waals surface area contributed by atoms with E-state index in [1.807, 2.05) is 24.3 Å². The number of benzene rings is 1. The molecule has 16 heavy (non-hydrogen) atoms. The maximum absolute atomic E-state index is 6.04. The van der Waals surface area contributed by atoms with Crippen LogP contribution in [0.15, 0.2) is 28.8 Å². The summed E-state index contributed by atoms with van der Waals surface area (Å²) in [5.74, 6) is 1.68. The molecule has 0 fully saturated rings. The Morgan fingerprint density at radius 1 is 1.38 bits per heavy atom. The third-order valence-electron chi connectivity index (χ3n) is 2.30. The third-order valence-corrected chi connectivity index (χ3v) is 2.30. The zero-order chi connectivity index (χ0) is 11.5. The van der Waals surface area contributed by atoms with Crippen molar-refractivity contribution >= 4 is 0 Å². The Bertz CT molecular complexity index is 482. The number of nitrogens with zero attached hydrogens (tertiary/aromatic N) is 2. The highest BCUT2D eigenvalue weighted by atomic mass is 16.5. The Hall–Kier alpha value is -1.88. The van der Waals surface area contributed by atoms with Crippen molar-refractivity contribution in [1.29, 1.82) is 0 Å². The van der Waals surface area contributed by atoms with Gasteiger partial charge >= 0.3 is 0 Å². The van der Waals surface area contributed by atoms with Crippen LogP contribution in [0.3, 0.4) is 0 Å². The number of hydrogen-bond donors (Lipinski definition) is 1. The summed E-state index contributed by atoms with van der Waals surface area (Å²) in [7, 11) is 1.60. The minimum absolute atomic E-state index is 0.436. The lowest BCUT2D eigenvalue weighted by Crippen LogP contribution is -2.14. The van der Waals surface area contributed by atoms with Crippen LogP contribution in [0.4, 0.5) is 0 Å².